The van der Waals surface area contributed by atoms with E-state index in [4.69, 9.17) is 4.74 Å². The van der Waals surface area contributed by atoms with E-state index in [0.717, 1.165) is 43.8 Å². The first-order chi connectivity index (χ1) is 11.8. The Balaban J connectivity index is 1.57. The lowest BCUT2D eigenvalue weighted by Gasteiger charge is -2.28. The van der Waals surface area contributed by atoms with Crippen LogP contribution in [0.5, 0.6) is 5.75 Å². The van der Waals surface area contributed by atoms with Gasteiger partial charge in [0.2, 0.25) is 0 Å². The normalized spacial score (nSPS) is 24.4. The molecular weight excluding hydrogens is 306 g/mol. The summed E-state index contributed by atoms with van der Waals surface area (Å²) >= 11 is 0. The molecule has 4 rings (SSSR count). The first-order valence-electron chi connectivity index (χ1n) is 8.57. The van der Waals surface area contributed by atoms with E-state index in [2.05, 4.69) is 32.6 Å². The lowest BCUT2D eigenvalue weighted by atomic mass is 10.1. The maximum atomic E-state index is 9.78. The minimum atomic E-state index is 0.154. The van der Waals surface area contributed by atoms with Gasteiger partial charge in [-0.25, -0.2) is 4.68 Å². The molecule has 1 saturated heterocycles. The van der Waals surface area contributed by atoms with Gasteiger partial charge in [0.15, 0.2) is 5.82 Å². The van der Waals surface area contributed by atoms with Gasteiger partial charge in [-0.2, -0.15) is 0 Å². The maximum Gasteiger partial charge on any atom is 0.168 e. The molecule has 1 aliphatic heterocycles. The zero-order valence-corrected chi connectivity index (χ0v) is 13.9. The van der Waals surface area contributed by atoms with Gasteiger partial charge in [-0.1, -0.05) is 12.1 Å². The minimum absolute atomic E-state index is 0.154. The monoisotopic (exact) mass is 329 g/mol. The van der Waals surface area contributed by atoms with Crippen molar-refractivity contribution in [2.24, 2.45) is 0 Å². The number of hydrogen-bond donors (Lipinski definition) is 1. The molecule has 0 amide bonds. The standard InChI is InChI=1S/C17H23N5O2/c1-24-15-7-2-12(3-8-15)10-21-14(11-23)6-9-16(21)17-18-19-20-22(17)13-4-5-13/h2-3,7-8,13-14,16,23H,4-6,9-11H2,1H3/t14-,16-/m0/s1. The number of likely N-dealkylation sites (tertiary alicyclic amines) is 1. The molecule has 0 radical (unpaired) electrons. The zero-order valence-electron chi connectivity index (χ0n) is 13.9. The Labute approximate surface area is 141 Å². The second-order valence-electron chi connectivity index (χ2n) is 6.66. The third-order valence-corrected chi connectivity index (χ3v) is 5.09. The average Bonchev–Trinajstić information content (AvgIpc) is 3.21. The Kier molecular flexibility index (Phi) is 4.20. The van der Waals surface area contributed by atoms with E-state index in [-0.39, 0.29) is 18.7 Å². The van der Waals surface area contributed by atoms with Crippen molar-refractivity contribution in [2.45, 2.75) is 50.4 Å². The molecule has 1 N–H and O–H groups in total. The van der Waals surface area contributed by atoms with Gasteiger partial charge in [-0.3, -0.25) is 4.90 Å². The van der Waals surface area contributed by atoms with Crippen molar-refractivity contribution in [2.75, 3.05) is 13.7 Å². The number of tetrazole rings is 1. The van der Waals surface area contributed by atoms with Crippen molar-refractivity contribution in [1.29, 1.82) is 0 Å². The van der Waals surface area contributed by atoms with E-state index in [0.29, 0.717) is 6.04 Å². The lowest BCUT2D eigenvalue weighted by molar-refractivity contribution is 0.117. The molecule has 1 aromatic heterocycles. The largest absolute Gasteiger partial charge is 0.497 e. The zero-order chi connectivity index (χ0) is 16.5. The molecule has 1 aromatic carbocycles. The number of methoxy groups -OCH3 is 1. The molecule has 1 saturated carbocycles. The fourth-order valence-electron chi connectivity index (χ4n) is 3.59. The van der Waals surface area contributed by atoms with E-state index in [9.17, 15) is 5.11 Å². The fourth-order valence-corrected chi connectivity index (χ4v) is 3.59. The summed E-state index contributed by atoms with van der Waals surface area (Å²) in [7, 11) is 1.67. The highest BCUT2D eigenvalue weighted by molar-refractivity contribution is 5.27. The summed E-state index contributed by atoms with van der Waals surface area (Å²) in [4.78, 5) is 2.34. The highest BCUT2D eigenvalue weighted by Crippen LogP contribution is 2.41. The highest BCUT2D eigenvalue weighted by atomic mass is 16.5. The van der Waals surface area contributed by atoms with Crippen LogP contribution in [-0.2, 0) is 6.54 Å². The van der Waals surface area contributed by atoms with E-state index in [1.54, 1.807) is 7.11 Å². The first-order valence-corrected chi connectivity index (χ1v) is 8.57. The lowest BCUT2D eigenvalue weighted by Crippen LogP contribution is -2.34. The van der Waals surface area contributed by atoms with E-state index in [1.807, 2.05) is 16.8 Å². The summed E-state index contributed by atoms with van der Waals surface area (Å²) in [5.74, 6) is 1.80. The number of aliphatic hydroxyl groups excluding tert-OH is 1. The third kappa shape index (κ3) is 2.89. The summed E-state index contributed by atoms with van der Waals surface area (Å²) in [5.41, 5.74) is 1.20. The Morgan fingerprint density at radius 2 is 1.96 bits per heavy atom. The Morgan fingerprint density at radius 1 is 1.17 bits per heavy atom. The van der Waals surface area contributed by atoms with Crippen LogP contribution in [0, 0.1) is 0 Å². The molecule has 24 heavy (non-hydrogen) atoms. The number of nitrogens with zero attached hydrogens (tertiary/aromatic N) is 5. The Hall–Kier alpha value is -1.99. The number of aliphatic hydroxyl groups is 1. The second-order valence-corrected chi connectivity index (χ2v) is 6.66. The topological polar surface area (TPSA) is 76.3 Å². The quantitative estimate of drug-likeness (QED) is 0.869. The van der Waals surface area contributed by atoms with Crippen molar-refractivity contribution in [3.8, 4) is 5.75 Å². The molecule has 0 unspecified atom stereocenters. The van der Waals surface area contributed by atoms with Crippen LogP contribution in [0.1, 0.15) is 49.2 Å². The predicted molar refractivity (Wildman–Crippen MR) is 87.5 cm³/mol. The van der Waals surface area contributed by atoms with Crippen LogP contribution >= 0.6 is 0 Å². The SMILES string of the molecule is COc1ccc(CN2[C@H](CO)CC[C@H]2c2nnnn2C2CC2)cc1. The van der Waals surface area contributed by atoms with Crippen LogP contribution in [0.25, 0.3) is 0 Å². The number of benzene rings is 1. The van der Waals surface area contributed by atoms with Gasteiger partial charge in [-0.05, 0) is 53.8 Å². The van der Waals surface area contributed by atoms with Gasteiger partial charge >= 0.3 is 0 Å². The van der Waals surface area contributed by atoms with Crippen LogP contribution < -0.4 is 4.74 Å². The second kappa shape index (κ2) is 6.49. The van der Waals surface area contributed by atoms with Gasteiger partial charge in [0.25, 0.3) is 0 Å². The Morgan fingerprint density at radius 3 is 2.62 bits per heavy atom. The van der Waals surface area contributed by atoms with Crippen molar-refractivity contribution < 1.29 is 9.84 Å². The molecule has 2 aromatic rings. The van der Waals surface area contributed by atoms with Crippen LogP contribution in [0.15, 0.2) is 24.3 Å². The molecule has 2 fully saturated rings. The van der Waals surface area contributed by atoms with Gasteiger partial charge in [0.05, 0.1) is 25.8 Å². The number of aromatic nitrogens is 4. The summed E-state index contributed by atoms with van der Waals surface area (Å²) in [6.45, 7) is 0.940. The third-order valence-electron chi connectivity index (χ3n) is 5.09. The predicted octanol–water partition coefficient (Wildman–Crippen LogP) is 1.71. The first kappa shape index (κ1) is 15.5. The van der Waals surface area contributed by atoms with Crippen molar-refractivity contribution in [1.82, 2.24) is 25.1 Å². The van der Waals surface area contributed by atoms with E-state index >= 15 is 0 Å². The van der Waals surface area contributed by atoms with E-state index < -0.39 is 0 Å². The number of hydrogen-bond acceptors (Lipinski definition) is 6. The molecule has 2 atom stereocenters. The molecule has 7 nitrogen and oxygen atoms in total. The van der Waals surface area contributed by atoms with Crippen LogP contribution in [0.4, 0.5) is 0 Å². The van der Waals surface area contributed by atoms with Crippen molar-refractivity contribution in [3.05, 3.63) is 35.7 Å². The summed E-state index contributed by atoms with van der Waals surface area (Å²) < 4.78 is 7.22. The van der Waals surface area contributed by atoms with Crippen LogP contribution in [0.2, 0.25) is 0 Å². The Bertz CT molecular complexity index is 683. The molecule has 0 spiro atoms. The molecule has 7 heteroatoms. The maximum absolute atomic E-state index is 9.78. The minimum Gasteiger partial charge on any atom is -0.497 e. The van der Waals surface area contributed by atoms with Crippen LogP contribution in [0.3, 0.4) is 0 Å². The smallest absolute Gasteiger partial charge is 0.168 e. The summed E-state index contributed by atoms with van der Waals surface area (Å²) in [6, 6.07) is 8.89. The molecule has 1 aliphatic carbocycles. The van der Waals surface area contributed by atoms with Gasteiger partial charge < -0.3 is 9.84 Å². The average molecular weight is 329 g/mol. The highest BCUT2D eigenvalue weighted by Gasteiger charge is 2.39. The van der Waals surface area contributed by atoms with Crippen LogP contribution in [-0.4, -0.2) is 50.0 Å². The summed E-state index contributed by atoms with van der Waals surface area (Å²) in [5, 5.41) is 22.2. The van der Waals surface area contributed by atoms with Crippen molar-refractivity contribution in [3.63, 3.8) is 0 Å². The molecular formula is C17H23N5O2. The van der Waals surface area contributed by atoms with Gasteiger partial charge in [0.1, 0.15) is 5.75 Å². The van der Waals surface area contributed by atoms with Gasteiger partial charge in [0, 0.05) is 12.6 Å². The molecule has 0 bridgehead atoms. The van der Waals surface area contributed by atoms with E-state index in [1.165, 1.54) is 5.56 Å². The molecule has 128 valence electrons. The molecule has 2 heterocycles. The fraction of sp³-hybridized carbons (Fsp3) is 0.588. The molecule has 2 aliphatic rings. The number of rotatable bonds is 6. The summed E-state index contributed by atoms with van der Waals surface area (Å²) in [6.07, 6.45) is 4.27. The van der Waals surface area contributed by atoms with Crippen molar-refractivity contribution >= 4 is 0 Å². The van der Waals surface area contributed by atoms with Gasteiger partial charge in [-0.15, -0.1) is 5.10 Å². The number of ether oxygens (including phenoxy) is 1.